The van der Waals surface area contributed by atoms with Gasteiger partial charge in [-0.2, -0.15) is 0 Å². The van der Waals surface area contributed by atoms with Gasteiger partial charge in [-0.1, -0.05) is 0 Å². The van der Waals surface area contributed by atoms with Gasteiger partial charge in [0, 0.05) is 32.5 Å². The van der Waals surface area contributed by atoms with Crippen molar-refractivity contribution < 1.29 is 17.9 Å². The van der Waals surface area contributed by atoms with Crippen LogP contribution in [-0.2, 0) is 21.4 Å². The van der Waals surface area contributed by atoms with Crippen molar-refractivity contribution >= 4 is 15.9 Å². The van der Waals surface area contributed by atoms with Crippen LogP contribution in [0.1, 0.15) is 13.3 Å². The van der Waals surface area contributed by atoms with Crippen molar-refractivity contribution in [1.29, 1.82) is 0 Å². The minimum absolute atomic E-state index is 0.148. The number of hydrogen-bond donors (Lipinski definition) is 2. The quantitative estimate of drug-likeness (QED) is 0.638. The molecule has 136 valence electrons. The Bertz CT molecular complexity index is 773. The Labute approximate surface area is 147 Å². The lowest BCUT2D eigenvalue weighted by atomic mass is 10.3. The van der Waals surface area contributed by atoms with Crippen molar-refractivity contribution in [3.8, 4) is 5.75 Å². The maximum absolute atomic E-state index is 12.2. The van der Waals surface area contributed by atoms with Gasteiger partial charge in [-0.25, -0.2) is 18.1 Å². The van der Waals surface area contributed by atoms with Crippen LogP contribution in [0.4, 0.5) is 0 Å². The lowest BCUT2D eigenvalue weighted by Crippen LogP contribution is -2.33. The molecule has 0 aliphatic carbocycles. The fourth-order valence-electron chi connectivity index (χ4n) is 2.13. The lowest BCUT2D eigenvalue weighted by Gasteiger charge is -2.13. The van der Waals surface area contributed by atoms with Crippen molar-refractivity contribution in [2.45, 2.75) is 30.9 Å². The number of rotatable bonds is 9. The van der Waals surface area contributed by atoms with Gasteiger partial charge in [0.15, 0.2) is 6.10 Å². The minimum atomic E-state index is -3.58. The third kappa shape index (κ3) is 5.57. The van der Waals surface area contributed by atoms with Gasteiger partial charge >= 0.3 is 0 Å². The molecule has 0 bridgehead atoms. The molecule has 0 radical (unpaired) electrons. The van der Waals surface area contributed by atoms with Crippen LogP contribution in [0.25, 0.3) is 0 Å². The van der Waals surface area contributed by atoms with E-state index in [0.717, 1.165) is 0 Å². The maximum Gasteiger partial charge on any atom is 0.260 e. The van der Waals surface area contributed by atoms with Crippen LogP contribution >= 0.6 is 0 Å². The van der Waals surface area contributed by atoms with Gasteiger partial charge in [0.25, 0.3) is 5.91 Å². The molecule has 1 aromatic carbocycles. The van der Waals surface area contributed by atoms with E-state index in [0.29, 0.717) is 25.3 Å². The highest BCUT2D eigenvalue weighted by Gasteiger charge is 2.15. The molecule has 1 aromatic heterocycles. The number of likely N-dealkylation sites (N-methyl/N-ethyl adjacent to an activating group) is 1. The zero-order valence-corrected chi connectivity index (χ0v) is 15.0. The minimum Gasteiger partial charge on any atom is -0.481 e. The molecule has 0 aliphatic rings. The number of imidazole rings is 1. The third-order valence-corrected chi connectivity index (χ3v) is 4.98. The Morgan fingerprint density at radius 1 is 1.32 bits per heavy atom. The number of aryl methyl sites for hydroxylation is 1. The molecular formula is C16H22N4O4S. The molecule has 0 saturated carbocycles. The second-order valence-corrected chi connectivity index (χ2v) is 7.16. The van der Waals surface area contributed by atoms with E-state index in [-0.39, 0.29) is 10.8 Å². The number of sulfonamides is 1. The van der Waals surface area contributed by atoms with Gasteiger partial charge in [-0.3, -0.25) is 4.79 Å². The zero-order chi connectivity index (χ0) is 18.3. The second kappa shape index (κ2) is 8.63. The second-order valence-electron chi connectivity index (χ2n) is 5.40. The Hall–Kier alpha value is -2.39. The molecule has 25 heavy (non-hydrogen) atoms. The Kier molecular flexibility index (Phi) is 6.54. The number of nitrogens with zero attached hydrogens (tertiary/aromatic N) is 2. The fraction of sp³-hybridized carbons (Fsp3) is 0.375. The van der Waals surface area contributed by atoms with Gasteiger partial charge in [0.05, 0.1) is 11.2 Å². The largest absolute Gasteiger partial charge is 0.481 e. The number of aromatic nitrogens is 2. The number of benzene rings is 1. The first-order valence-corrected chi connectivity index (χ1v) is 9.34. The highest BCUT2D eigenvalue weighted by Crippen LogP contribution is 2.17. The van der Waals surface area contributed by atoms with Gasteiger partial charge < -0.3 is 14.6 Å². The SMILES string of the molecule is CNC(=O)[C@@H](C)Oc1ccc(S(=O)(=O)NCCCn2ccnc2)cc1. The van der Waals surface area contributed by atoms with Gasteiger partial charge in [0.2, 0.25) is 10.0 Å². The molecule has 0 unspecified atom stereocenters. The number of hydrogen-bond acceptors (Lipinski definition) is 5. The predicted octanol–water partition coefficient (Wildman–Crippen LogP) is 0.765. The normalized spacial score (nSPS) is 12.6. The number of ether oxygens (including phenoxy) is 1. The summed E-state index contributed by atoms with van der Waals surface area (Å²) >= 11 is 0. The number of amides is 1. The van der Waals surface area contributed by atoms with Crippen molar-refractivity contribution in [2.24, 2.45) is 0 Å². The molecule has 9 heteroatoms. The van der Waals surface area contributed by atoms with Gasteiger partial charge in [-0.05, 0) is 37.6 Å². The van der Waals surface area contributed by atoms with Crippen LogP contribution in [0.2, 0.25) is 0 Å². The van der Waals surface area contributed by atoms with E-state index in [2.05, 4.69) is 15.0 Å². The van der Waals surface area contributed by atoms with E-state index in [1.54, 1.807) is 19.4 Å². The molecule has 1 atom stereocenters. The smallest absolute Gasteiger partial charge is 0.260 e. The topological polar surface area (TPSA) is 102 Å². The Morgan fingerprint density at radius 2 is 2.04 bits per heavy atom. The molecule has 2 N–H and O–H groups in total. The van der Waals surface area contributed by atoms with E-state index >= 15 is 0 Å². The Morgan fingerprint density at radius 3 is 2.64 bits per heavy atom. The summed E-state index contributed by atoms with van der Waals surface area (Å²) in [5.41, 5.74) is 0. The predicted molar refractivity (Wildman–Crippen MR) is 92.6 cm³/mol. The van der Waals surface area contributed by atoms with Crippen LogP contribution in [-0.4, -0.2) is 43.6 Å². The number of nitrogens with one attached hydrogen (secondary N) is 2. The summed E-state index contributed by atoms with van der Waals surface area (Å²) in [6, 6.07) is 5.95. The summed E-state index contributed by atoms with van der Waals surface area (Å²) < 4.78 is 34.4. The first-order valence-electron chi connectivity index (χ1n) is 7.86. The summed E-state index contributed by atoms with van der Waals surface area (Å²) in [6.07, 6.45) is 5.19. The molecule has 2 rings (SSSR count). The molecule has 0 saturated heterocycles. The number of carbonyl (C=O) groups is 1. The van der Waals surface area contributed by atoms with Crippen LogP contribution in [0, 0.1) is 0 Å². The van der Waals surface area contributed by atoms with Crippen molar-refractivity contribution in [3.63, 3.8) is 0 Å². The average Bonchev–Trinajstić information content (AvgIpc) is 3.12. The average molecular weight is 366 g/mol. The Balaban J connectivity index is 1.87. The summed E-state index contributed by atoms with van der Waals surface area (Å²) in [7, 11) is -2.05. The lowest BCUT2D eigenvalue weighted by molar-refractivity contribution is -0.126. The summed E-state index contributed by atoms with van der Waals surface area (Å²) in [6.45, 7) is 2.63. The molecule has 0 fully saturated rings. The van der Waals surface area contributed by atoms with E-state index in [9.17, 15) is 13.2 Å². The van der Waals surface area contributed by atoms with Gasteiger partial charge in [0.1, 0.15) is 5.75 Å². The maximum atomic E-state index is 12.2. The van der Waals surface area contributed by atoms with Crippen LogP contribution in [0.5, 0.6) is 5.75 Å². The summed E-state index contributed by atoms with van der Waals surface area (Å²) in [5.74, 6) is 0.173. The monoisotopic (exact) mass is 366 g/mol. The van der Waals surface area contributed by atoms with Crippen molar-refractivity contribution in [2.75, 3.05) is 13.6 Å². The van der Waals surface area contributed by atoms with Crippen molar-refractivity contribution in [1.82, 2.24) is 19.6 Å². The molecule has 0 aliphatic heterocycles. The third-order valence-electron chi connectivity index (χ3n) is 3.51. The van der Waals surface area contributed by atoms with Crippen LogP contribution in [0.15, 0.2) is 47.9 Å². The fourth-order valence-corrected chi connectivity index (χ4v) is 3.20. The summed E-state index contributed by atoms with van der Waals surface area (Å²) in [5, 5.41) is 2.48. The van der Waals surface area contributed by atoms with E-state index in [4.69, 9.17) is 4.74 Å². The first kappa shape index (κ1) is 18.9. The number of carbonyl (C=O) groups excluding carboxylic acids is 1. The molecule has 2 aromatic rings. The first-order chi connectivity index (χ1) is 11.9. The molecular weight excluding hydrogens is 344 g/mol. The van der Waals surface area contributed by atoms with Crippen LogP contribution in [0.3, 0.4) is 0 Å². The highest BCUT2D eigenvalue weighted by molar-refractivity contribution is 7.89. The zero-order valence-electron chi connectivity index (χ0n) is 14.2. The standard InChI is InChI=1S/C16H22N4O4S/c1-13(16(21)17-2)24-14-4-6-15(7-5-14)25(22,23)19-8-3-10-20-11-9-18-12-20/h4-7,9,11-13,19H,3,8,10H2,1-2H3,(H,17,21)/t13-/m1/s1. The van der Waals surface area contributed by atoms with Crippen molar-refractivity contribution in [3.05, 3.63) is 43.0 Å². The van der Waals surface area contributed by atoms with E-state index in [1.807, 2.05) is 10.8 Å². The molecule has 1 heterocycles. The molecule has 0 spiro atoms. The molecule has 1 amide bonds. The van der Waals surface area contributed by atoms with Crippen LogP contribution < -0.4 is 14.8 Å². The summed E-state index contributed by atoms with van der Waals surface area (Å²) in [4.78, 5) is 15.5. The van der Waals surface area contributed by atoms with Gasteiger partial charge in [-0.15, -0.1) is 0 Å². The van der Waals surface area contributed by atoms with E-state index < -0.39 is 16.1 Å². The molecule has 8 nitrogen and oxygen atoms in total. The van der Waals surface area contributed by atoms with E-state index in [1.165, 1.54) is 31.3 Å². The highest BCUT2D eigenvalue weighted by atomic mass is 32.2.